The smallest absolute Gasteiger partial charge is 0.335 e. The van der Waals surface area contributed by atoms with Crippen LogP contribution in [0.4, 0.5) is 0 Å². The van der Waals surface area contributed by atoms with Crippen molar-refractivity contribution >= 4 is 5.97 Å². The van der Waals surface area contributed by atoms with E-state index in [4.69, 9.17) is 14.6 Å². The van der Waals surface area contributed by atoms with Gasteiger partial charge in [-0.1, -0.05) is 44.2 Å². The summed E-state index contributed by atoms with van der Waals surface area (Å²) in [6, 6.07) is 9.07. The van der Waals surface area contributed by atoms with E-state index in [1.807, 2.05) is 0 Å². The fourth-order valence-corrected chi connectivity index (χ4v) is 5.61. The number of esters is 1. The lowest BCUT2D eigenvalue weighted by Gasteiger charge is -2.38. The van der Waals surface area contributed by atoms with Crippen molar-refractivity contribution in [3.8, 4) is 0 Å². The highest BCUT2D eigenvalue weighted by Crippen LogP contribution is 2.43. The molecule has 0 saturated heterocycles. The van der Waals surface area contributed by atoms with Gasteiger partial charge in [0, 0.05) is 6.61 Å². The predicted octanol–water partition coefficient (Wildman–Crippen LogP) is 6.36. The second kappa shape index (κ2) is 13.9. The standard InChI is InChI=1S/C29H44O4/c1-3-4-19-32-28-17-15-27(16-18-28)26-13-11-25(12-14-26)24-9-7-23(8-10-24)6-5-20-33-29(31)22(2)21-30/h7-10,25-28,30H,2-6,11-21H2,1H3. The van der Waals surface area contributed by atoms with Crippen LogP contribution >= 0.6 is 0 Å². The van der Waals surface area contributed by atoms with Crippen molar-refractivity contribution in [2.45, 2.75) is 96.0 Å². The molecule has 4 heteroatoms. The molecule has 0 aromatic heterocycles. The van der Waals surface area contributed by atoms with Gasteiger partial charge >= 0.3 is 5.97 Å². The zero-order valence-electron chi connectivity index (χ0n) is 20.6. The van der Waals surface area contributed by atoms with Gasteiger partial charge in [0.25, 0.3) is 0 Å². The monoisotopic (exact) mass is 456 g/mol. The second-order valence-electron chi connectivity index (χ2n) is 10.1. The van der Waals surface area contributed by atoms with Gasteiger partial charge in [0.05, 0.1) is 24.9 Å². The number of aliphatic hydroxyl groups excluding tert-OH is 1. The van der Waals surface area contributed by atoms with E-state index in [2.05, 4.69) is 37.8 Å². The number of carbonyl (C=O) groups is 1. The van der Waals surface area contributed by atoms with Gasteiger partial charge in [-0.3, -0.25) is 0 Å². The first kappa shape index (κ1) is 26.0. The molecule has 0 unspecified atom stereocenters. The number of rotatable bonds is 12. The van der Waals surface area contributed by atoms with Crippen LogP contribution in [0, 0.1) is 11.8 Å². The van der Waals surface area contributed by atoms with Gasteiger partial charge in [0.1, 0.15) is 0 Å². The average molecular weight is 457 g/mol. The van der Waals surface area contributed by atoms with Crippen molar-refractivity contribution in [3.05, 3.63) is 47.5 Å². The Balaban J connectivity index is 1.34. The first-order valence-electron chi connectivity index (χ1n) is 13.3. The molecule has 2 fully saturated rings. The van der Waals surface area contributed by atoms with Crippen LogP contribution in [-0.4, -0.2) is 37.0 Å². The number of carbonyl (C=O) groups excluding carboxylic acids is 1. The molecule has 0 atom stereocenters. The molecule has 1 aromatic carbocycles. The molecule has 0 radical (unpaired) electrons. The minimum Gasteiger partial charge on any atom is -0.462 e. The van der Waals surface area contributed by atoms with Gasteiger partial charge in [-0.2, -0.15) is 0 Å². The highest BCUT2D eigenvalue weighted by molar-refractivity contribution is 5.87. The van der Waals surface area contributed by atoms with Crippen LogP contribution in [0.2, 0.25) is 0 Å². The minimum atomic E-state index is -0.503. The zero-order chi connectivity index (χ0) is 23.5. The highest BCUT2D eigenvalue weighted by Gasteiger charge is 2.31. The molecule has 33 heavy (non-hydrogen) atoms. The maximum atomic E-state index is 11.5. The van der Waals surface area contributed by atoms with Gasteiger partial charge in [0.15, 0.2) is 0 Å². The van der Waals surface area contributed by atoms with Crippen molar-refractivity contribution in [1.29, 1.82) is 0 Å². The SMILES string of the molecule is C=C(CO)C(=O)OCCCc1ccc(C2CCC(C3CCC(OCCCC)CC3)CC2)cc1. The van der Waals surface area contributed by atoms with E-state index in [9.17, 15) is 4.79 Å². The third-order valence-electron chi connectivity index (χ3n) is 7.78. The molecular weight excluding hydrogens is 412 g/mol. The summed E-state index contributed by atoms with van der Waals surface area (Å²) in [6.07, 6.45) is 15.3. The van der Waals surface area contributed by atoms with E-state index in [1.54, 1.807) is 0 Å². The maximum Gasteiger partial charge on any atom is 0.335 e. The van der Waals surface area contributed by atoms with Crippen molar-refractivity contribution in [2.75, 3.05) is 19.8 Å². The van der Waals surface area contributed by atoms with Gasteiger partial charge in [-0.25, -0.2) is 4.79 Å². The lowest BCUT2D eigenvalue weighted by atomic mass is 9.69. The second-order valence-corrected chi connectivity index (χ2v) is 10.1. The Morgan fingerprint density at radius 1 is 0.939 bits per heavy atom. The molecule has 0 aliphatic heterocycles. The molecule has 184 valence electrons. The molecule has 2 aliphatic rings. The van der Waals surface area contributed by atoms with E-state index >= 15 is 0 Å². The average Bonchev–Trinajstić information content (AvgIpc) is 2.87. The number of benzene rings is 1. The third-order valence-corrected chi connectivity index (χ3v) is 7.78. The summed E-state index contributed by atoms with van der Waals surface area (Å²) in [6.45, 7) is 6.67. The van der Waals surface area contributed by atoms with Gasteiger partial charge in [0.2, 0.25) is 0 Å². The molecule has 0 heterocycles. The van der Waals surface area contributed by atoms with Gasteiger partial charge in [-0.05, 0) is 99.5 Å². The molecule has 1 N–H and O–H groups in total. The first-order chi connectivity index (χ1) is 16.1. The molecule has 2 aliphatic carbocycles. The summed E-state index contributed by atoms with van der Waals surface area (Å²) < 4.78 is 11.2. The Morgan fingerprint density at radius 3 is 2.18 bits per heavy atom. The number of hydrogen-bond donors (Lipinski definition) is 1. The van der Waals surface area contributed by atoms with E-state index < -0.39 is 5.97 Å². The fraction of sp³-hybridized carbons (Fsp3) is 0.690. The normalized spacial score (nSPS) is 25.5. The van der Waals surface area contributed by atoms with E-state index in [0.717, 1.165) is 31.3 Å². The van der Waals surface area contributed by atoms with Crippen molar-refractivity contribution in [2.24, 2.45) is 11.8 Å². The van der Waals surface area contributed by atoms with E-state index in [0.29, 0.717) is 18.6 Å². The molecule has 1 aromatic rings. The van der Waals surface area contributed by atoms with Crippen LogP contribution in [0.5, 0.6) is 0 Å². The lowest BCUT2D eigenvalue weighted by Crippen LogP contribution is -2.28. The minimum absolute atomic E-state index is 0.109. The number of hydrogen-bond acceptors (Lipinski definition) is 4. The van der Waals surface area contributed by atoms with Gasteiger partial charge < -0.3 is 14.6 Å². The Labute approximate surface area is 200 Å². The molecule has 3 rings (SSSR count). The topological polar surface area (TPSA) is 55.8 Å². The van der Waals surface area contributed by atoms with E-state index in [-0.39, 0.29) is 12.2 Å². The Bertz CT molecular complexity index is 710. The van der Waals surface area contributed by atoms with Crippen molar-refractivity contribution in [3.63, 3.8) is 0 Å². The number of ether oxygens (including phenoxy) is 2. The Kier molecular flexibility index (Phi) is 10.9. The molecular formula is C29H44O4. The first-order valence-corrected chi connectivity index (χ1v) is 13.3. The molecule has 0 spiro atoms. The van der Waals surface area contributed by atoms with Crippen LogP contribution in [0.25, 0.3) is 0 Å². The Hall–Kier alpha value is -1.65. The zero-order valence-corrected chi connectivity index (χ0v) is 20.6. The number of aliphatic hydroxyl groups is 1. The van der Waals surface area contributed by atoms with Crippen molar-refractivity contribution in [1.82, 2.24) is 0 Å². The summed E-state index contributed by atoms with van der Waals surface area (Å²) in [7, 11) is 0. The number of unbranched alkanes of at least 4 members (excludes halogenated alkanes) is 1. The summed E-state index contributed by atoms with van der Waals surface area (Å²) in [5, 5.41) is 8.89. The quantitative estimate of drug-likeness (QED) is 0.226. The molecule has 2 saturated carbocycles. The largest absolute Gasteiger partial charge is 0.462 e. The predicted molar refractivity (Wildman–Crippen MR) is 133 cm³/mol. The van der Waals surface area contributed by atoms with Gasteiger partial charge in [-0.15, -0.1) is 0 Å². The summed E-state index contributed by atoms with van der Waals surface area (Å²) in [4.78, 5) is 11.5. The van der Waals surface area contributed by atoms with Crippen LogP contribution in [-0.2, 0) is 20.7 Å². The highest BCUT2D eigenvalue weighted by atomic mass is 16.5. The summed E-state index contributed by atoms with van der Waals surface area (Å²) in [5.41, 5.74) is 2.87. The Morgan fingerprint density at radius 2 is 1.58 bits per heavy atom. The lowest BCUT2D eigenvalue weighted by molar-refractivity contribution is -0.139. The van der Waals surface area contributed by atoms with E-state index in [1.165, 1.54) is 75.3 Å². The van der Waals surface area contributed by atoms with Crippen LogP contribution in [0.3, 0.4) is 0 Å². The van der Waals surface area contributed by atoms with Crippen LogP contribution in [0.1, 0.15) is 94.6 Å². The molecule has 0 bridgehead atoms. The molecule has 4 nitrogen and oxygen atoms in total. The summed E-state index contributed by atoms with van der Waals surface area (Å²) in [5.74, 6) is 2.04. The van der Waals surface area contributed by atoms with Crippen LogP contribution in [0.15, 0.2) is 36.4 Å². The molecule has 0 amide bonds. The van der Waals surface area contributed by atoms with Crippen LogP contribution < -0.4 is 0 Å². The number of aryl methyl sites for hydroxylation is 1. The third kappa shape index (κ3) is 8.26. The fourth-order valence-electron chi connectivity index (χ4n) is 5.61. The van der Waals surface area contributed by atoms with Crippen molar-refractivity contribution < 1.29 is 19.4 Å². The maximum absolute atomic E-state index is 11.5. The summed E-state index contributed by atoms with van der Waals surface area (Å²) >= 11 is 0.